The van der Waals surface area contributed by atoms with Gasteiger partial charge in [0.15, 0.2) is 5.65 Å². The van der Waals surface area contributed by atoms with Crippen LogP contribution < -0.4 is 11.1 Å². The number of hydrogen-bond donors (Lipinski definition) is 2. The molecule has 2 aromatic heterocycles. The molecule has 7 heteroatoms. The third-order valence-electron chi connectivity index (χ3n) is 5.38. The fourth-order valence-electron chi connectivity index (χ4n) is 3.71. The van der Waals surface area contributed by atoms with Crippen LogP contribution in [0, 0.1) is 6.92 Å². The number of fused-ring (bicyclic) bond motifs is 2. The molecule has 158 valence electrons. The Hall–Kier alpha value is -3.71. The second-order valence-electron chi connectivity index (χ2n) is 7.62. The van der Waals surface area contributed by atoms with E-state index in [1.54, 1.807) is 4.57 Å². The smallest absolute Gasteiger partial charge is 0.257 e. The van der Waals surface area contributed by atoms with Gasteiger partial charge in [0.1, 0.15) is 16.9 Å². The highest BCUT2D eigenvalue weighted by atomic mass is 79.9. The number of nitrogens with one attached hydrogen (secondary N) is 1. The first-order chi connectivity index (χ1) is 15.5. The number of rotatable bonds is 4. The average molecular weight is 486 g/mol. The van der Waals surface area contributed by atoms with Crippen molar-refractivity contribution >= 4 is 49.9 Å². The third kappa shape index (κ3) is 3.61. The molecule has 5 aromatic rings. The van der Waals surface area contributed by atoms with Gasteiger partial charge in [-0.3, -0.25) is 9.36 Å². The van der Waals surface area contributed by atoms with Crippen LogP contribution >= 0.6 is 15.9 Å². The van der Waals surface area contributed by atoms with Crippen molar-refractivity contribution in [3.8, 4) is 5.69 Å². The summed E-state index contributed by atoms with van der Waals surface area (Å²) in [5.74, 6) is 0.0209. The molecule has 0 saturated heterocycles. The minimum absolute atomic E-state index is 0.284. The van der Waals surface area contributed by atoms with Crippen LogP contribution in [0.1, 0.15) is 21.5 Å². The second kappa shape index (κ2) is 8.09. The molecule has 0 aliphatic carbocycles. The SMILES string of the molecule is Cc1ccc(CNC(=O)c2c(N)n(-c3ccc(Br)cc3)c3nc4ccccc4nc23)cc1. The molecule has 0 bridgehead atoms. The van der Waals surface area contributed by atoms with Crippen LogP contribution in [0.15, 0.2) is 77.3 Å². The molecule has 0 aliphatic heterocycles. The Labute approximate surface area is 193 Å². The Morgan fingerprint density at radius 2 is 1.62 bits per heavy atom. The van der Waals surface area contributed by atoms with E-state index >= 15 is 0 Å². The van der Waals surface area contributed by atoms with Crippen molar-refractivity contribution in [3.05, 3.63) is 94.0 Å². The van der Waals surface area contributed by atoms with E-state index in [1.165, 1.54) is 5.56 Å². The molecule has 3 N–H and O–H groups in total. The average Bonchev–Trinajstić information content (AvgIpc) is 3.08. The highest BCUT2D eigenvalue weighted by Crippen LogP contribution is 2.31. The largest absolute Gasteiger partial charge is 0.384 e. The van der Waals surface area contributed by atoms with E-state index in [9.17, 15) is 4.79 Å². The normalized spacial score (nSPS) is 11.2. The lowest BCUT2D eigenvalue weighted by atomic mass is 10.1. The molecule has 0 aliphatic rings. The summed E-state index contributed by atoms with van der Waals surface area (Å²) in [6, 6.07) is 23.3. The van der Waals surface area contributed by atoms with Gasteiger partial charge in [-0.05, 0) is 48.9 Å². The van der Waals surface area contributed by atoms with Gasteiger partial charge in [0.25, 0.3) is 5.91 Å². The van der Waals surface area contributed by atoms with Crippen molar-refractivity contribution in [2.45, 2.75) is 13.5 Å². The van der Waals surface area contributed by atoms with Crippen LogP contribution in [0.25, 0.3) is 27.9 Å². The Bertz CT molecular complexity index is 1460. The van der Waals surface area contributed by atoms with E-state index < -0.39 is 0 Å². The van der Waals surface area contributed by atoms with Crippen molar-refractivity contribution in [1.29, 1.82) is 0 Å². The zero-order valence-corrected chi connectivity index (χ0v) is 18.9. The fraction of sp³-hybridized carbons (Fsp3) is 0.0800. The minimum atomic E-state index is -0.284. The maximum atomic E-state index is 13.3. The number of nitrogen functional groups attached to an aromatic ring is 1. The molecule has 1 amide bonds. The molecule has 6 nitrogen and oxygen atoms in total. The topological polar surface area (TPSA) is 85.8 Å². The number of para-hydroxylation sites is 2. The first-order valence-electron chi connectivity index (χ1n) is 10.2. The number of halogens is 1. The Morgan fingerprint density at radius 3 is 2.31 bits per heavy atom. The summed E-state index contributed by atoms with van der Waals surface area (Å²) in [6.45, 7) is 2.42. The fourth-order valence-corrected chi connectivity index (χ4v) is 3.98. The number of carbonyl (C=O) groups is 1. The van der Waals surface area contributed by atoms with Gasteiger partial charge in [-0.15, -0.1) is 0 Å². The van der Waals surface area contributed by atoms with Crippen molar-refractivity contribution < 1.29 is 4.79 Å². The third-order valence-corrected chi connectivity index (χ3v) is 5.91. The van der Waals surface area contributed by atoms with Gasteiger partial charge >= 0.3 is 0 Å². The summed E-state index contributed by atoms with van der Waals surface area (Å²) in [7, 11) is 0. The van der Waals surface area contributed by atoms with Gasteiger partial charge in [-0.1, -0.05) is 57.9 Å². The maximum Gasteiger partial charge on any atom is 0.257 e. The highest BCUT2D eigenvalue weighted by molar-refractivity contribution is 9.10. The number of nitrogens with zero attached hydrogens (tertiary/aromatic N) is 3. The van der Waals surface area contributed by atoms with Gasteiger partial charge in [0.2, 0.25) is 0 Å². The van der Waals surface area contributed by atoms with Crippen LogP contribution in [-0.4, -0.2) is 20.4 Å². The molecular weight excluding hydrogens is 466 g/mol. The monoisotopic (exact) mass is 485 g/mol. The van der Waals surface area contributed by atoms with Gasteiger partial charge in [-0.2, -0.15) is 0 Å². The quantitative estimate of drug-likeness (QED) is 0.368. The van der Waals surface area contributed by atoms with Gasteiger partial charge in [0.05, 0.1) is 11.0 Å². The van der Waals surface area contributed by atoms with E-state index in [1.807, 2.05) is 79.7 Å². The molecule has 0 radical (unpaired) electrons. The first kappa shape index (κ1) is 20.2. The molecule has 0 fully saturated rings. The first-order valence-corrected chi connectivity index (χ1v) is 11.0. The Kier molecular flexibility index (Phi) is 5.11. The molecule has 0 unspecified atom stereocenters. The van der Waals surface area contributed by atoms with Crippen LogP contribution in [0.2, 0.25) is 0 Å². The molecule has 0 spiro atoms. The van der Waals surface area contributed by atoms with Crippen molar-refractivity contribution in [3.63, 3.8) is 0 Å². The molecule has 32 heavy (non-hydrogen) atoms. The molecule has 0 saturated carbocycles. The summed E-state index contributed by atoms with van der Waals surface area (Å²) in [5.41, 5.74) is 12.3. The number of benzene rings is 3. The van der Waals surface area contributed by atoms with Crippen LogP contribution in [0.4, 0.5) is 5.82 Å². The van der Waals surface area contributed by atoms with Crippen LogP contribution in [0.5, 0.6) is 0 Å². The summed E-state index contributed by atoms with van der Waals surface area (Å²) in [5, 5.41) is 2.98. The predicted molar refractivity (Wildman–Crippen MR) is 131 cm³/mol. The van der Waals surface area contributed by atoms with E-state index in [2.05, 4.69) is 21.2 Å². The van der Waals surface area contributed by atoms with Gasteiger partial charge in [-0.25, -0.2) is 9.97 Å². The number of amides is 1. The van der Waals surface area contributed by atoms with Crippen LogP contribution in [-0.2, 0) is 6.54 Å². The lowest BCUT2D eigenvalue weighted by molar-refractivity contribution is 0.0953. The zero-order valence-electron chi connectivity index (χ0n) is 17.3. The van der Waals surface area contributed by atoms with E-state index in [0.717, 1.165) is 21.2 Å². The standard InChI is InChI=1S/C25H20BrN5O/c1-15-6-8-16(9-7-15)14-28-25(32)21-22-24(30-20-5-3-2-4-19(20)29-22)31(23(21)27)18-12-10-17(26)11-13-18/h2-13H,14,27H2,1H3,(H,28,32). The summed E-state index contributed by atoms with van der Waals surface area (Å²) < 4.78 is 2.73. The lowest BCUT2D eigenvalue weighted by Crippen LogP contribution is -2.24. The van der Waals surface area contributed by atoms with Crippen molar-refractivity contribution in [2.24, 2.45) is 0 Å². The zero-order chi connectivity index (χ0) is 22.2. The maximum absolute atomic E-state index is 13.3. The number of anilines is 1. The van der Waals surface area contributed by atoms with Crippen molar-refractivity contribution in [2.75, 3.05) is 5.73 Å². The number of hydrogen-bond acceptors (Lipinski definition) is 4. The molecule has 0 atom stereocenters. The summed E-state index contributed by atoms with van der Waals surface area (Å²) >= 11 is 3.46. The molecular formula is C25H20BrN5O. The molecule has 2 heterocycles. The van der Waals surface area contributed by atoms with E-state index in [4.69, 9.17) is 15.7 Å². The van der Waals surface area contributed by atoms with Crippen LogP contribution in [0.3, 0.4) is 0 Å². The lowest BCUT2D eigenvalue weighted by Gasteiger charge is -2.08. The van der Waals surface area contributed by atoms with E-state index in [-0.39, 0.29) is 5.91 Å². The van der Waals surface area contributed by atoms with Crippen molar-refractivity contribution in [1.82, 2.24) is 19.9 Å². The highest BCUT2D eigenvalue weighted by Gasteiger charge is 2.24. The Balaban J connectivity index is 1.64. The van der Waals surface area contributed by atoms with Gasteiger partial charge in [0, 0.05) is 16.7 Å². The summed E-state index contributed by atoms with van der Waals surface area (Å²) in [6.07, 6.45) is 0. The Morgan fingerprint density at radius 1 is 0.969 bits per heavy atom. The number of aryl methyl sites for hydroxylation is 1. The van der Waals surface area contributed by atoms with E-state index in [0.29, 0.717) is 34.6 Å². The minimum Gasteiger partial charge on any atom is -0.384 e. The predicted octanol–water partition coefficient (Wildman–Crippen LogP) is 5.16. The second-order valence-corrected chi connectivity index (χ2v) is 8.54. The molecule has 3 aromatic carbocycles. The molecule has 5 rings (SSSR count). The summed E-state index contributed by atoms with van der Waals surface area (Å²) in [4.78, 5) is 22.8. The number of aromatic nitrogens is 3. The number of carbonyl (C=O) groups excluding carboxylic acids is 1. The number of nitrogens with two attached hydrogens (primary N) is 1. The van der Waals surface area contributed by atoms with Gasteiger partial charge < -0.3 is 11.1 Å².